The van der Waals surface area contributed by atoms with Gasteiger partial charge in [0, 0.05) is 27.9 Å². The molecule has 19 heavy (non-hydrogen) atoms. The predicted octanol–water partition coefficient (Wildman–Crippen LogP) is -0.468. The molecule has 1 saturated heterocycles. The van der Waals surface area contributed by atoms with Crippen LogP contribution in [0.5, 0.6) is 0 Å². The molecule has 1 heterocycles. The largest absolute Gasteiger partial charge is 0.615 e. The SMILES string of the molecule is CON([SiH2]CCCOCC1CO1)[Si](OC)(OC)OC. The van der Waals surface area contributed by atoms with Crippen molar-refractivity contribution >= 4 is 18.6 Å². The van der Waals surface area contributed by atoms with Crippen LogP contribution in [0.1, 0.15) is 6.42 Å². The molecule has 1 atom stereocenters. The first-order valence-electron chi connectivity index (χ1n) is 6.39. The first kappa shape index (κ1) is 17.2. The smallest absolute Gasteiger partial charge is 0.379 e. The molecule has 0 radical (unpaired) electrons. The maximum atomic E-state index is 5.49. The van der Waals surface area contributed by atoms with Crippen molar-refractivity contribution in [3.63, 3.8) is 0 Å². The number of epoxide rings is 1. The molecule has 1 rings (SSSR count). The zero-order chi connectivity index (χ0) is 14.1. The Kier molecular flexibility index (Phi) is 8.29. The van der Waals surface area contributed by atoms with Crippen molar-refractivity contribution < 1.29 is 27.6 Å². The molecule has 0 spiro atoms. The minimum absolute atomic E-state index is 0.336. The topological polar surface area (TPSA) is 61.9 Å². The molecule has 1 aliphatic heterocycles. The van der Waals surface area contributed by atoms with Gasteiger partial charge in [0.2, 0.25) is 0 Å². The van der Waals surface area contributed by atoms with E-state index in [1.54, 1.807) is 32.8 Å². The van der Waals surface area contributed by atoms with Gasteiger partial charge in [0.1, 0.15) is 15.8 Å². The third-order valence-electron chi connectivity index (χ3n) is 2.91. The quantitative estimate of drug-likeness (QED) is 0.209. The summed E-state index contributed by atoms with van der Waals surface area (Å²) in [6, 6.07) is 1.05. The van der Waals surface area contributed by atoms with Gasteiger partial charge in [-0.05, 0) is 12.5 Å². The summed E-state index contributed by atoms with van der Waals surface area (Å²) in [6.45, 7) is 2.31. The molecule has 0 amide bonds. The zero-order valence-corrected chi connectivity index (χ0v) is 14.6. The van der Waals surface area contributed by atoms with Crippen molar-refractivity contribution in [3.05, 3.63) is 0 Å². The molecule has 0 aromatic rings. The standard InChI is InChI=1S/C10H25NO6Si2/c1-12-11(19(13-2,14-3)15-4)18-7-5-6-16-8-10-9-17-10/h10H,5-9,18H2,1-4H3. The van der Waals surface area contributed by atoms with Crippen LogP contribution in [0.15, 0.2) is 0 Å². The minimum atomic E-state index is -2.81. The van der Waals surface area contributed by atoms with Gasteiger partial charge in [-0.1, -0.05) is 0 Å². The van der Waals surface area contributed by atoms with E-state index in [-0.39, 0.29) is 0 Å². The van der Waals surface area contributed by atoms with Crippen molar-refractivity contribution in [2.24, 2.45) is 0 Å². The first-order valence-corrected chi connectivity index (χ1v) is 9.69. The van der Waals surface area contributed by atoms with Crippen molar-refractivity contribution in [1.82, 2.24) is 4.39 Å². The maximum Gasteiger partial charge on any atom is 0.615 e. The summed E-state index contributed by atoms with van der Waals surface area (Å²) in [5.74, 6) is 0. The summed E-state index contributed by atoms with van der Waals surface area (Å²) in [5, 5.41) is 0. The van der Waals surface area contributed by atoms with E-state index < -0.39 is 18.6 Å². The van der Waals surface area contributed by atoms with Gasteiger partial charge in [0.05, 0.1) is 20.3 Å². The number of ether oxygens (including phenoxy) is 2. The van der Waals surface area contributed by atoms with Crippen LogP contribution in [0.4, 0.5) is 0 Å². The van der Waals surface area contributed by atoms with Gasteiger partial charge in [0.25, 0.3) is 0 Å². The second-order valence-corrected chi connectivity index (χ2v) is 9.29. The minimum Gasteiger partial charge on any atom is -0.379 e. The Morgan fingerprint density at radius 2 is 1.84 bits per heavy atom. The Labute approximate surface area is 118 Å². The lowest BCUT2D eigenvalue weighted by Crippen LogP contribution is -2.60. The van der Waals surface area contributed by atoms with Crippen molar-refractivity contribution in [2.75, 3.05) is 48.3 Å². The second kappa shape index (κ2) is 9.16. The molecule has 0 aliphatic carbocycles. The Bertz CT molecular complexity index is 232. The first-order chi connectivity index (χ1) is 9.22. The summed E-state index contributed by atoms with van der Waals surface area (Å²) in [7, 11) is 2.89. The van der Waals surface area contributed by atoms with E-state index in [0.717, 1.165) is 25.7 Å². The highest BCUT2D eigenvalue weighted by atomic mass is 28.4. The van der Waals surface area contributed by atoms with Crippen LogP contribution in [0.2, 0.25) is 6.04 Å². The Hall–Kier alpha value is 0.154. The third kappa shape index (κ3) is 5.57. The van der Waals surface area contributed by atoms with Crippen LogP contribution in [0.3, 0.4) is 0 Å². The lowest BCUT2D eigenvalue weighted by Gasteiger charge is -2.33. The lowest BCUT2D eigenvalue weighted by molar-refractivity contribution is -0.0708. The lowest BCUT2D eigenvalue weighted by atomic mass is 10.5. The van der Waals surface area contributed by atoms with Gasteiger partial charge < -0.3 is 27.6 Å². The van der Waals surface area contributed by atoms with Crippen molar-refractivity contribution in [1.29, 1.82) is 0 Å². The summed E-state index contributed by atoms with van der Waals surface area (Å²) in [5.41, 5.74) is 0. The fourth-order valence-electron chi connectivity index (χ4n) is 1.73. The van der Waals surface area contributed by atoms with E-state index in [1.807, 2.05) is 0 Å². The summed E-state index contributed by atoms with van der Waals surface area (Å²) in [4.78, 5) is 5.36. The van der Waals surface area contributed by atoms with E-state index in [2.05, 4.69) is 0 Å². The maximum absolute atomic E-state index is 5.49. The van der Waals surface area contributed by atoms with Gasteiger partial charge in [-0.25, -0.2) is 0 Å². The number of rotatable bonds is 12. The molecule has 0 saturated carbocycles. The van der Waals surface area contributed by atoms with Gasteiger partial charge in [-0.3, -0.25) is 0 Å². The number of hydrogen-bond acceptors (Lipinski definition) is 7. The molecule has 1 aliphatic rings. The Morgan fingerprint density at radius 1 is 1.21 bits per heavy atom. The molecule has 0 aromatic carbocycles. The van der Waals surface area contributed by atoms with E-state index >= 15 is 0 Å². The molecule has 1 unspecified atom stereocenters. The van der Waals surface area contributed by atoms with E-state index in [0.29, 0.717) is 12.7 Å². The molecule has 114 valence electrons. The average Bonchev–Trinajstić information content (AvgIpc) is 3.26. The molecule has 0 aromatic heterocycles. The Balaban J connectivity index is 2.18. The third-order valence-corrected chi connectivity index (χ3v) is 8.56. The van der Waals surface area contributed by atoms with Crippen LogP contribution in [-0.2, 0) is 27.6 Å². The molecule has 1 fully saturated rings. The van der Waals surface area contributed by atoms with E-state index in [4.69, 9.17) is 27.6 Å². The predicted molar refractivity (Wildman–Crippen MR) is 74.2 cm³/mol. The van der Waals surface area contributed by atoms with Crippen LogP contribution >= 0.6 is 0 Å². The highest BCUT2D eigenvalue weighted by molar-refractivity contribution is 6.65. The molecule has 0 bridgehead atoms. The summed E-state index contributed by atoms with van der Waals surface area (Å²) >= 11 is 0. The van der Waals surface area contributed by atoms with Gasteiger partial charge in [0.15, 0.2) is 0 Å². The van der Waals surface area contributed by atoms with Gasteiger partial charge in [-0.2, -0.15) is 4.39 Å². The normalized spacial score (nSPS) is 19.7. The van der Waals surface area contributed by atoms with Gasteiger partial charge in [-0.15, -0.1) is 0 Å². The van der Waals surface area contributed by atoms with Crippen molar-refractivity contribution in [3.8, 4) is 0 Å². The van der Waals surface area contributed by atoms with E-state index in [9.17, 15) is 0 Å². The molecule has 7 nitrogen and oxygen atoms in total. The zero-order valence-electron chi connectivity index (χ0n) is 12.2. The second-order valence-electron chi connectivity index (χ2n) is 4.16. The summed E-state index contributed by atoms with van der Waals surface area (Å²) < 4.78 is 28.5. The van der Waals surface area contributed by atoms with Crippen molar-refractivity contribution in [2.45, 2.75) is 18.6 Å². The monoisotopic (exact) mass is 311 g/mol. The number of nitrogens with zero attached hydrogens (tertiary/aromatic N) is 1. The summed E-state index contributed by atoms with van der Waals surface area (Å²) in [6.07, 6.45) is 1.34. The van der Waals surface area contributed by atoms with Crippen LogP contribution < -0.4 is 0 Å². The van der Waals surface area contributed by atoms with Crippen LogP contribution in [0, 0.1) is 0 Å². The highest BCUT2D eigenvalue weighted by Gasteiger charge is 2.47. The fourth-order valence-corrected chi connectivity index (χ4v) is 6.70. The van der Waals surface area contributed by atoms with Gasteiger partial charge >= 0.3 is 8.97 Å². The molecule has 9 heteroatoms. The van der Waals surface area contributed by atoms with Crippen LogP contribution in [-0.4, -0.2) is 77.4 Å². The molecular formula is C10H25NO6Si2. The fraction of sp³-hybridized carbons (Fsp3) is 1.00. The average molecular weight is 311 g/mol. The molecule has 0 N–H and O–H groups in total. The highest BCUT2D eigenvalue weighted by Crippen LogP contribution is 2.13. The molecular weight excluding hydrogens is 286 g/mol. The number of hydrogen-bond donors (Lipinski definition) is 0. The Morgan fingerprint density at radius 3 is 2.32 bits per heavy atom. The van der Waals surface area contributed by atoms with Crippen LogP contribution in [0.25, 0.3) is 0 Å². The van der Waals surface area contributed by atoms with E-state index in [1.165, 1.54) is 0 Å².